The molecular formula is C17H28N2O2. The van der Waals surface area contributed by atoms with E-state index in [1.807, 2.05) is 32.0 Å². The van der Waals surface area contributed by atoms with E-state index in [2.05, 4.69) is 5.32 Å². The van der Waals surface area contributed by atoms with Crippen molar-refractivity contribution in [1.82, 2.24) is 5.32 Å². The van der Waals surface area contributed by atoms with Gasteiger partial charge in [-0.15, -0.1) is 0 Å². The van der Waals surface area contributed by atoms with Crippen molar-refractivity contribution in [3.05, 3.63) is 29.3 Å². The lowest BCUT2D eigenvalue weighted by molar-refractivity contribution is -0.121. The number of hydrogen-bond donors (Lipinski definition) is 2. The minimum atomic E-state index is 0.104. The fourth-order valence-corrected chi connectivity index (χ4v) is 2.24. The second-order valence-corrected chi connectivity index (χ2v) is 5.37. The molecule has 0 saturated heterocycles. The molecule has 1 rings (SSSR count). The number of rotatable bonds is 10. The van der Waals surface area contributed by atoms with E-state index in [0.29, 0.717) is 19.6 Å². The summed E-state index contributed by atoms with van der Waals surface area (Å²) in [5.41, 5.74) is 7.68. The second-order valence-electron chi connectivity index (χ2n) is 5.37. The van der Waals surface area contributed by atoms with Gasteiger partial charge in [-0.2, -0.15) is 0 Å². The number of benzene rings is 1. The highest BCUT2D eigenvalue weighted by molar-refractivity contribution is 5.75. The molecule has 4 nitrogen and oxygen atoms in total. The van der Waals surface area contributed by atoms with Crippen LogP contribution in [0, 0.1) is 13.8 Å². The van der Waals surface area contributed by atoms with Gasteiger partial charge in [0.05, 0.1) is 6.54 Å². The van der Waals surface area contributed by atoms with E-state index >= 15 is 0 Å². The highest BCUT2D eigenvalue weighted by atomic mass is 16.5. The minimum Gasteiger partial charge on any atom is -0.491 e. The fourth-order valence-electron chi connectivity index (χ4n) is 2.24. The maximum absolute atomic E-state index is 11.6. The first-order valence-corrected chi connectivity index (χ1v) is 7.81. The van der Waals surface area contributed by atoms with Crippen LogP contribution in [0.2, 0.25) is 0 Å². The van der Waals surface area contributed by atoms with Gasteiger partial charge in [-0.25, -0.2) is 0 Å². The number of ether oxygens (including phenoxy) is 1. The summed E-state index contributed by atoms with van der Waals surface area (Å²) < 4.78 is 5.75. The maximum atomic E-state index is 11.6. The molecule has 1 aromatic carbocycles. The van der Waals surface area contributed by atoms with Crippen molar-refractivity contribution >= 4 is 5.91 Å². The molecule has 0 aromatic heterocycles. The molecule has 0 spiro atoms. The third kappa shape index (κ3) is 7.14. The van der Waals surface area contributed by atoms with Crippen LogP contribution in [0.25, 0.3) is 0 Å². The van der Waals surface area contributed by atoms with Crippen LogP contribution in [0.1, 0.15) is 43.2 Å². The zero-order chi connectivity index (χ0) is 15.5. The van der Waals surface area contributed by atoms with E-state index in [1.165, 1.54) is 0 Å². The smallest absolute Gasteiger partial charge is 0.220 e. The molecule has 0 heterocycles. The molecule has 0 unspecified atom stereocenters. The van der Waals surface area contributed by atoms with Gasteiger partial charge in [0.15, 0.2) is 0 Å². The molecule has 0 saturated carbocycles. The summed E-state index contributed by atoms with van der Waals surface area (Å²) in [4.78, 5) is 11.6. The molecule has 4 heteroatoms. The van der Waals surface area contributed by atoms with Crippen molar-refractivity contribution in [2.24, 2.45) is 5.73 Å². The van der Waals surface area contributed by atoms with Crippen LogP contribution in [0.15, 0.2) is 18.2 Å². The normalized spacial score (nSPS) is 10.4. The van der Waals surface area contributed by atoms with Gasteiger partial charge in [-0.05, 0) is 44.4 Å². The molecule has 118 valence electrons. The highest BCUT2D eigenvalue weighted by Gasteiger charge is 2.04. The summed E-state index contributed by atoms with van der Waals surface area (Å²) in [6.07, 6.45) is 4.76. The van der Waals surface area contributed by atoms with Gasteiger partial charge in [-0.3, -0.25) is 4.79 Å². The fraction of sp³-hybridized carbons (Fsp3) is 0.588. The Labute approximate surface area is 128 Å². The van der Waals surface area contributed by atoms with Crippen LogP contribution in [-0.2, 0) is 4.79 Å². The van der Waals surface area contributed by atoms with E-state index in [4.69, 9.17) is 10.5 Å². The molecule has 1 aromatic rings. The monoisotopic (exact) mass is 292 g/mol. The Balaban J connectivity index is 2.12. The highest BCUT2D eigenvalue weighted by Crippen LogP contribution is 2.21. The number of carbonyl (C=O) groups excluding carboxylic acids is 1. The Kier molecular flexibility index (Phi) is 8.51. The lowest BCUT2D eigenvalue weighted by atomic mass is 10.1. The summed E-state index contributed by atoms with van der Waals surface area (Å²) >= 11 is 0. The SMILES string of the molecule is Cc1cccc(C)c1OCCNC(=O)CCCCCCN. The number of aryl methyl sites for hydroxylation is 2. The summed E-state index contributed by atoms with van der Waals surface area (Å²) in [5, 5.41) is 2.89. The molecule has 0 aliphatic carbocycles. The zero-order valence-electron chi connectivity index (χ0n) is 13.3. The van der Waals surface area contributed by atoms with E-state index < -0.39 is 0 Å². The molecule has 0 bridgehead atoms. The van der Waals surface area contributed by atoms with Crippen LogP contribution >= 0.6 is 0 Å². The predicted octanol–water partition coefficient (Wildman–Crippen LogP) is 2.71. The standard InChI is InChI=1S/C17H28N2O2/c1-14-8-7-9-15(2)17(14)21-13-12-19-16(20)10-5-3-4-6-11-18/h7-9H,3-6,10-13,18H2,1-2H3,(H,19,20). The van der Waals surface area contributed by atoms with Crippen molar-refractivity contribution in [2.75, 3.05) is 19.7 Å². The molecular weight excluding hydrogens is 264 g/mol. The molecule has 1 amide bonds. The van der Waals surface area contributed by atoms with Gasteiger partial charge < -0.3 is 15.8 Å². The van der Waals surface area contributed by atoms with Crippen molar-refractivity contribution < 1.29 is 9.53 Å². The molecule has 0 radical (unpaired) electrons. The van der Waals surface area contributed by atoms with Crippen LogP contribution in [-0.4, -0.2) is 25.6 Å². The Morgan fingerprint density at radius 3 is 2.48 bits per heavy atom. The third-order valence-electron chi connectivity index (χ3n) is 3.44. The van der Waals surface area contributed by atoms with Crippen LogP contribution in [0.5, 0.6) is 5.75 Å². The first-order valence-electron chi connectivity index (χ1n) is 7.81. The Morgan fingerprint density at radius 2 is 1.81 bits per heavy atom. The average molecular weight is 292 g/mol. The van der Waals surface area contributed by atoms with E-state index in [1.54, 1.807) is 0 Å². The van der Waals surface area contributed by atoms with Crippen LogP contribution in [0.4, 0.5) is 0 Å². The predicted molar refractivity (Wildman–Crippen MR) is 86.6 cm³/mol. The number of hydrogen-bond acceptors (Lipinski definition) is 3. The Morgan fingerprint density at radius 1 is 1.14 bits per heavy atom. The topological polar surface area (TPSA) is 64.3 Å². The summed E-state index contributed by atoms with van der Waals surface area (Å²) in [6.45, 7) is 5.85. The molecule has 21 heavy (non-hydrogen) atoms. The lowest BCUT2D eigenvalue weighted by Crippen LogP contribution is -2.27. The Hall–Kier alpha value is -1.55. The number of para-hydroxylation sites is 1. The number of amides is 1. The number of unbranched alkanes of at least 4 members (excludes halogenated alkanes) is 3. The molecule has 3 N–H and O–H groups in total. The molecule has 0 aliphatic rings. The van der Waals surface area contributed by atoms with Crippen LogP contribution in [0.3, 0.4) is 0 Å². The molecule has 0 fully saturated rings. The second kappa shape index (κ2) is 10.2. The van der Waals surface area contributed by atoms with Crippen LogP contribution < -0.4 is 15.8 Å². The van der Waals surface area contributed by atoms with Gasteiger partial charge >= 0.3 is 0 Å². The number of nitrogens with two attached hydrogens (primary N) is 1. The quantitative estimate of drug-likeness (QED) is 0.652. The zero-order valence-corrected chi connectivity index (χ0v) is 13.3. The van der Waals surface area contributed by atoms with E-state index in [0.717, 1.165) is 49.1 Å². The number of nitrogens with one attached hydrogen (secondary N) is 1. The largest absolute Gasteiger partial charge is 0.491 e. The van der Waals surface area contributed by atoms with E-state index in [-0.39, 0.29) is 5.91 Å². The van der Waals surface area contributed by atoms with Gasteiger partial charge in [0.1, 0.15) is 12.4 Å². The van der Waals surface area contributed by atoms with Gasteiger partial charge in [0, 0.05) is 6.42 Å². The van der Waals surface area contributed by atoms with Gasteiger partial charge in [-0.1, -0.05) is 31.0 Å². The van der Waals surface area contributed by atoms with Gasteiger partial charge in [0.2, 0.25) is 5.91 Å². The van der Waals surface area contributed by atoms with Crippen molar-refractivity contribution in [1.29, 1.82) is 0 Å². The van der Waals surface area contributed by atoms with E-state index in [9.17, 15) is 4.79 Å². The van der Waals surface area contributed by atoms with Crippen molar-refractivity contribution in [2.45, 2.75) is 46.0 Å². The summed E-state index contributed by atoms with van der Waals surface area (Å²) in [5.74, 6) is 1.03. The maximum Gasteiger partial charge on any atom is 0.220 e. The summed E-state index contributed by atoms with van der Waals surface area (Å²) in [7, 11) is 0. The summed E-state index contributed by atoms with van der Waals surface area (Å²) in [6, 6.07) is 6.08. The lowest BCUT2D eigenvalue weighted by Gasteiger charge is -2.12. The molecule has 0 aliphatic heterocycles. The first-order chi connectivity index (χ1) is 10.1. The van der Waals surface area contributed by atoms with Crippen molar-refractivity contribution in [3.63, 3.8) is 0 Å². The molecule has 0 atom stereocenters. The first kappa shape index (κ1) is 17.5. The van der Waals surface area contributed by atoms with Gasteiger partial charge in [0.25, 0.3) is 0 Å². The third-order valence-corrected chi connectivity index (χ3v) is 3.44. The average Bonchev–Trinajstić information content (AvgIpc) is 2.46. The minimum absolute atomic E-state index is 0.104. The van der Waals surface area contributed by atoms with Crippen molar-refractivity contribution in [3.8, 4) is 5.75 Å². The number of carbonyl (C=O) groups is 1. The Bertz CT molecular complexity index is 413.